The SMILES string of the molecule is Cc1ccc(C(=O)Nc2cc(Cl)ccc2N2CCN(C(=O)c3ccccc3F)CC2)cc1C. The Morgan fingerprint density at radius 3 is 2.33 bits per heavy atom. The molecule has 1 aliphatic rings. The number of benzene rings is 3. The van der Waals surface area contributed by atoms with Crippen molar-refractivity contribution in [3.63, 3.8) is 0 Å². The fraction of sp³-hybridized carbons (Fsp3) is 0.231. The van der Waals surface area contributed by atoms with Gasteiger partial charge in [0, 0.05) is 36.8 Å². The number of nitrogens with one attached hydrogen (secondary N) is 1. The van der Waals surface area contributed by atoms with Crippen LogP contribution in [0.3, 0.4) is 0 Å². The van der Waals surface area contributed by atoms with Gasteiger partial charge in [0.15, 0.2) is 0 Å². The molecule has 0 bridgehead atoms. The van der Waals surface area contributed by atoms with Crippen LogP contribution in [-0.4, -0.2) is 42.9 Å². The van der Waals surface area contributed by atoms with Crippen LogP contribution in [-0.2, 0) is 0 Å². The predicted octanol–water partition coefficient (Wildman–Crippen LogP) is 5.31. The number of hydrogen-bond donors (Lipinski definition) is 1. The number of rotatable bonds is 4. The van der Waals surface area contributed by atoms with Crippen molar-refractivity contribution in [2.75, 3.05) is 36.4 Å². The average Bonchev–Trinajstić information content (AvgIpc) is 2.81. The lowest BCUT2D eigenvalue weighted by molar-refractivity contribution is 0.0742. The van der Waals surface area contributed by atoms with Crippen molar-refractivity contribution in [1.29, 1.82) is 0 Å². The molecule has 3 aromatic rings. The van der Waals surface area contributed by atoms with Crippen molar-refractivity contribution in [2.45, 2.75) is 13.8 Å². The molecule has 170 valence electrons. The van der Waals surface area contributed by atoms with Crippen molar-refractivity contribution in [3.05, 3.63) is 93.8 Å². The van der Waals surface area contributed by atoms with Crippen LogP contribution in [0.1, 0.15) is 31.8 Å². The van der Waals surface area contributed by atoms with Crippen molar-refractivity contribution in [3.8, 4) is 0 Å². The van der Waals surface area contributed by atoms with E-state index in [1.807, 2.05) is 32.0 Å². The maximum Gasteiger partial charge on any atom is 0.256 e. The van der Waals surface area contributed by atoms with Gasteiger partial charge < -0.3 is 15.1 Å². The van der Waals surface area contributed by atoms with Crippen LogP contribution in [0.5, 0.6) is 0 Å². The zero-order chi connectivity index (χ0) is 23.5. The minimum absolute atomic E-state index is 0.0822. The zero-order valence-electron chi connectivity index (χ0n) is 18.6. The third kappa shape index (κ3) is 5.01. The molecule has 1 heterocycles. The minimum atomic E-state index is -0.515. The van der Waals surface area contributed by atoms with Crippen molar-refractivity contribution >= 4 is 34.8 Å². The van der Waals surface area contributed by atoms with Gasteiger partial charge >= 0.3 is 0 Å². The fourth-order valence-electron chi connectivity index (χ4n) is 3.92. The molecule has 1 saturated heterocycles. The molecule has 0 aromatic heterocycles. The van der Waals surface area contributed by atoms with Gasteiger partial charge in [0.25, 0.3) is 11.8 Å². The fourth-order valence-corrected chi connectivity index (χ4v) is 4.09. The second-order valence-corrected chi connectivity index (χ2v) is 8.61. The Morgan fingerprint density at radius 1 is 0.909 bits per heavy atom. The Bertz CT molecular complexity index is 1210. The van der Waals surface area contributed by atoms with Gasteiger partial charge in [-0.1, -0.05) is 29.8 Å². The van der Waals surface area contributed by atoms with Crippen LogP contribution in [0.2, 0.25) is 5.02 Å². The molecule has 2 amide bonds. The molecule has 0 saturated carbocycles. The van der Waals surface area contributed by atoms with Gasteiger partial charge in [0.2, 0.25) is 0 Å². The Hall–Kier alpha value is -3.38. The topological polar surface area (TPSA) is 52.7 Å². The van der Waals surface area contributed by atoms with E-state index in [4.69, 9.17) is 11.6 Å². The molecule has 3 aromatic carbocycles. The van der Waals surface area contributed by atoms with E-state index in [-0.39, 0.29) is 17.4 Å². The first-order valence-electron chi connectivity index (χ1n) is 10.8. The Kier molecular flexibility index (Phi) is 6.65. The molecular formula is C26H25ClFN3O2. The van der Waals surface area contributed by atoms with Gasteiger partial charge in [0.1, 0.15) is 5.82 Å². The van der Waals surface area contributed by atoms with Crippen LogP contribution in [0.15, 0.2) is 60.7 Å². The van der Waals surface area contributed by atoms with Gasteiger partial charge in [-0.05, 0) is 67.4 Å². The average molecular weight is 466 g/mol. The van der Waals surface area contributed by atoms with Crippen LogP contribution in [0, 0.1) is 19.7 Å². The van der Waals surface area contributed by atoms with E-state index in [1.165, 1.54) is 12.1 Å². The summed E-state index contributed by atoms with van der Waals surface area (Å²) in [7, 11) is 0. The number of aryl methyl sites for hydroxylation is 2. The third-order valence-electron chi connectivity index (χ3n) is 5.99. The van der Waals surface area contributed by atoms with Crippen molar-refractivity contribution < 1.29 is 14.0 Å². The van der Waals surface area contributed by atoms with E-state index in [2.05, 4.69) is 10.2 Å². The number of halogens is 2. The molecule has 1 N–H and O–H groups in total. The molecule has 1 aliphatic heterocycles. The number of hydrogen-bond acceptors (Lipinski definition) is 3. The Balaban J connectivity index is 1.49. The number of carbonyl (C=O) groups is 2. The van der Waals surface area contributed by atoms with Gasteiger partial charge in [-0.2, -0.15) is 0 Å². The second kappa shape index (κ2) is 9.63. The minimum Gasteiger partial charge on any atom is -0.366 e. The predicted molar refractivity (Wildman–Crippen MR) is 130 cm³/mol. The largest absolute Gasteiger partial charge is 0.366 e. The van der Waals surface area contributed by atoms with Crippen LogP contribution in [0.4, 0.5) is 15.8 Å². The Morgan fingerprint density at radius 2 is 1.64 bits per heavy atom. The van der Waals surface area contributed by atoms with Gasteiger partial charge in [-0.3, -0.25) is 9.59 Å². The normalized spacial score (nSPS) is 13.7. The number of amides is 2. The molecule has 0 aliphatic carbocycles. The summed E-state index contributed by atoms with van der Waals surface area (Å²) in [4.78, 5) is 29.4. The van der Waals surface area contributed by atoms with Crippen molar-refractivity contribution in [1.82, 2.24) is 4.90 Å². The van der Waals surface area contributed by atoms with Gasteiger partial charge in [0.05, 0.1) is 16.9 Å². The molecule has 0 radical (unpaired) electrons. The molecule has 7 heteroatoms. The number of carbonyl (C=O) groups excluding carboxylic acids is 2. The highest BCUT2D eigenvalue weighted by molar-refractivity contribution is 6.31. The molecule has 0 spiro atoms. The number of piperazine rings is 1. The summed E-state index contributed by atoms with van der Waals surface area (Å²) < 4.78 is 14.0. The molecule has 1 fully saturated rings. The van der Waals surface area contributed by atoms with Crippen molar-refractivity contribution in [2.24, 2.45) is 0 Å². The highest BCUT2D eigenvalue weighted by Crippen LogP contribution is 2.31. The first-order valence-corrected chi connectivity index (χ1v) is 11.2. The summed E-state index contributed by atoms with van der Waals surface area (Å²) in [5.41, 5.74) is 4.26. The monoisotopic (exact) mass is 465 g/mol. The first kappa shape index (κ1) is 22.8. The van der Waals surface area contributed by atoms with E-state index < -0.39 is 5.82 Å². The van der Waals surface area contributed by atoms with E-state index in [1.54, 1.807) is 35.2 Å². The van der Waals surface area contributed by atoms with Gasteiger partial charge in [-0.25, -0.2) is 4.39 Å². The summed E-state index contributed by atoms with van der Waals surface area (Å²) in [5.74, 6) is -1.04. The molecule has 5 nitrogen and oxygen atoms in total. The quantitative estimate of drug-likeness (QED) is 0.568. The van der Waals surface area contributed by atoms with Crippen LogP contribution < -0.4 is 10.2 Å². The molecule has 0 unspecified atom stereocenters. The lowest BCUT2D eigenvalue weighted by atomic mass is 10.1. The van der Waals surface area contributed by atoms with Gasteiger partial charge in [-0.15, -0.1) is 0 Å². The summed E-state index contributed by atoms with van der Waals surface area (Å²) in [5, 5.41) is 3.50. The smallest absolute Gasteiger partial charge is 0.256 e. The van der Waals surface area contributed by atoms with E-state index in [0.29, 0.717) is 42.5 Å². The molecule has 4 rings (SSSR count). The van der Waals surface area contributed by atoms with E-state index in [0.717, 1.165) is 16.8 Å². The van der Waals surface area contributed by atoms with E-state index in [9.17, 15) is 14.0 Å². The molecular weight excluding hydrogens is 441 g/mol. The standard InChI is InChI=1S/C26H25ClFN3O2/c1-17-7-8-19(15-18(17)2)25(32)29-23-16-20(27)9-10-24(23)30-11-13-31(14-12-30)26(33)21-5-3-4-6-22(21)28/h3-10,15-16H,11-14H2,1-2H3,(H,29,32). The lowest BCUT2D eigenvalue weighted by Crippen LogP contribution is -2.49. The number of anilines is 2. The summed E-state index contributed by atoms with van der Waals surface area (Å²) >= 11 is 6.22. The summed E-state index contributed by atoms with van der Waals surface area (Å²) in [6.07, 6.45) is 0. The molecule has 0 atom stereocenters. The van der Waals surface area contributed by atoms with Crippen LogP contribution in [0.25, 0.3) is 0 Å². The maximum atomic E-state index is 14.0. The zero-order valence-corrected chi connectivity index (χ0v) is 19.3. The lowest BCUT2D eigenvalue weighted by Gasteiger charge is -2.37. The highest BCUT2D eigenvalue weighted by atomic mass is 35.5. The molecule has 33 heavy (non-hydrogen) atoms. The Labute approximate surface area is 197 Å². The third-order valence-corrected chi connectivity index (χ3v) is 6.22. The second-order valence-electron chi connectivity index (χ2n) is 8.17. The highest BCUT2D eigenvalue weighted by Gasteiger charge is 2.25. The summed E-state index contributed by atoms with van der Waals surface area (Å²) in [6.45, 7) is 5.96. The summed E-state index contributed by atoms with van der Waals surface area (Å²) in [6, 6.07) is 17.0. The van der Waals surface area contributed by atoms with E-state index >= 15 is 0 Å². The number of nitrogens with zero attached hydrogens (tertiary/aromatic N) is 2. The maximum absolute atomic E-state index is 14.0. The van der Waals surface area contributed by atoms with Crippen LogP contribution >= 0.6 is 11.6 Å². The first-order chi connectivity index (χ1) is 15.8.